The fourth-order valence-electron chi connectivity index (χ4n) is 1.86. The molecule has 3 aromatic rings. The number of nitrogen functional groups attached to an aromatic ring is 1. The lowest BCUT2D eigenvalue weighted by atomic mass is 10.2. The molecule has 18 heavy (non-hydrogen) atoms. The molecule has 2 N–H and O–H groups in total. The van der Waals surface area contributed by atoms with E-state index in [4.69, 9.17) is 14.9 Å². The van der Waals surface area contributed by atoms with Gasteiger partial charge in [0.25, 0.3) is 0 Å². The van der Waals surface area contributed by atoms with Crippen LogP contribution in [-0.4, -0.2) is 17.1 Å². The Morgan fingerprint density at radius 3 is 2.83 bits per heavy atom. The molecule has 0 atom stereocenters. The van der Waals surface area contributed by atoms with Crippen molar-refractivity contribution in [2.45, 2.75) is 0 Å². The van der Waals surface area contributed by atoms with Gasteiger partial charge in [-0.2, -0.15) is 0 Å². The molecule has 2 heterocycles. The van der Waals surface area contributed by atoms with Crippen molar-refractivity contribution in [3.63, 3.8) is 0 Å². The van der Waals surface area contributed by atoms with Crippen molar-refractivity contribution in [3.8, 4) is 17.2 Å². The van der Waals surface area contributed by atoms with Crippen molar-refractivity contribution in [1.29, 1.82) is 0 Å². The third-order valence-corrected chi connectivity index (χ3v) is 2.69. The molecule has 0 unspecified atom stereocenters. The Morgan fingerprint density at radius 1 is 1.22 bits per heavy atom. The molecule has 2 aromatic heterocycles. The molecule has 3 rings (SSSR count). The summed E-state index contributed by atoms with van der Waals surface area (Å²) in [6.07, 6.45) is 1.39. The fraction of sp³-hybridized carbons (Fsp3) is 0.0769. The first-order valence-electron chi connectivity index (χ1n) is 5.43. The number of benzene rings is 1. The molecule has 0 aliphatic carbocycles. The van der Waals surface area contributed by atoms with Gasteiger partial charge in [-0.05, 0) is 12.1 Å². The number of hydrogen-bond donors (Lipinski definition) is 1. The van der Waals surface area contributed by atoms with Gasteiger partial charge in [0.1, 0.15) is 11.9 Å². The van der Waals surface area contributed by atoms with E-state index >= 15 is 0 Å². The maximum atomic E-state index is 5.75. The lowest BCUT2D eigenvalue weighted by Gasteiger charge is -2.06. The van der Waals surface area contributed by atoms with Crippen LogP contribution in [0.5, 0.6) is 5.75 Å². The van der Waals surface area contributed by atoms with Crippen molar-refractivity contribution in [2.24, 2.45) is 0 Å². The van der Waals surface area contributed by atoms with Gasteiger partial charge in [-0.15, -0.1) is 0 Å². The highest BCUT2D eigenvalue weighted by Crippen LogP contribution is 2.34. The zero-order chi connectivity index (χ0) is 12.5. The second-order valence-corrected chi connectivity index (χ2v) is 3.79. The molecule has 0 aliphatic rings. The zero-order valence-electron chi connectivity index (χ0n) is 9.75. The summed E-state index contributed by atoms with van der Waals surface area (Å²) in [5.41, 5.74) is 7.10. The van der Waals surface area contributed by atoms with Crippen molar-refractivity contribution in [2.75, 3.05) is 12.8 Å². The summed E-state index contributed by atoms with van der Waals surface area (Å²) in [7, 11) is 1.53. The van der Waals surface area contributed by atoms with Crippen LogP contribution in [0.2, 0.25) is 0 Å². The first-order chi connectivity index (χ1) is 8.79. The van der Waals surface area contributed by atoms with Gasteiger partial charge >= 0.3 is 0 Å². The molecule has 0 spiro atoms. The number of methoxy groups -OCH3 is 1. The molecule has 90 valence electrons. The van der Waals surface area contributed by atoms with E-state index in [9.17, 15) is 0 Å². The highest BCUT2D eigenvalue weighted by atomic mass is 16.5. The molecular weight excluding hydrogens is 230 g/mol. The lowest BCUT2D eigenvalue weighted by Crippen LogP contribution is -1.99. The highest BCUT2D eigenvalue weighted by molar-refractivity contribution is 5.83. The summed E-state index contributed by atoms with van der Waals surface area (Å²) in [4.78, 5) is 8.06. The van der Waals surface area contributed by atoms with Crippen LogP contribution in [0.15, 0.2) is 41.1 Å². The molecule has 0 radical (unpaired) electrons. The number of nitrogens with two attached hydrogens (primary N) is 1. The van der Waals surface area contributed by atoms with E-state index in [2.05, 4.69) is 9.97 Å². The second-order valence-electron chi connectivity index (χ2n) is 3.79. The molecular formula is C13H11N3O2. The van der Waals surface area contributed by atoms with Crippen molar-refractivity contribution in [3.05, 3.63) is 36.7 Å². The number of rotatable bonds is 2. The van der Waals surface area contributed by atoms with E-state index in [1.165, 1.54) is 13.4 Å². The smallest absolute Gasteiger partial charge is 0.190 e. The minimum Gasteiger partial charge on any atom is -0.491 e. The maximum Gasteiger partial charge on any atom is 0.190 e. The van der Waals surface area contributed by atoms with E-state index in [0.29, 0.717) is 23.0 Å². The normalized spacial score (nSPS) is 10.7. The van der Waals surface area contributed by atoms with Crippen LogP contribution >= 0.6 is 0 Å². The van der Waals surface area contributed by atoms with Crippen molar-refractivity contribution < 1.29 is 9.15 Å². The van der Waals surface area contributed by atoms with E-state index in [1.54, 1.807) is 0 Å². The number of furan rings is 1. The first kappa shape index (κ1) is 10.6. The Kier molecular flexibility index (Phi) is 2.37. The molecule has 0 fully saturated rings. The average molecular weight is 241 g/mol. The Bertz CT molecular complexity index is 673. The highest BCUT2D eigenvalue weighted by Gasteiger charge is 2.15. The molecule has 5 heteroatoms. The molecule has 0 bridgehead atoms. The second kappa shape index (κ2) is 4.03. The van der Waals surface area contributed by atoms with Gasteiger partial charge in [0.2, 0.25) is 0 Å². The van der Waals surface area contributed by atoms with Crippen LogP contribution in [0, 0.1) is 0 Å². The minimum atomic E-state index is 0.294. The number of para-hydroxylation sites is 1. The van der Waals surface area contributed by atoms with Gasteiger partial charge < -0.3 is 14.9 Å². The van der Waals surface area contributed by atoms with Gasteiger partial charge in [-0.25, -0.2) is 9.97 Å². The van der Waals surface area contributed by atoms with Gasteiger partial charge in [-0.3, -0.25) is 0 Å². The van der Waals surface area contributed by atoms with Gasteiger partial charge in [0.15, 0.2) is 23.0 Å². The van der Waals surface area contributed by atoms with Crippen LogP contribution in [0.4, 0.5) is 5.82 Å². The van der Waals surface area contributed by atoms with Crippen molar-refractivity contribution >= 4 is 16.8 Å². The minimum absolute atomic E-state index is 0.294. The predicted octanol–water partition coefficient (Wildman–Crippen LogP) is 2.48. The quantitative estimate of drug-likeness (QED) is 0.746. The third kappa shape index (κ3) is 1.57. The monoisotopic (exact) mass is 241 g/mol. The Balaban J connectivity index is 2.23. The summed E-state index contributed by atoms with van der Waals surface area (Å²) in [5.74, 6) is 1.33. The van der Waals surface area contributed by atoms with Crippen LogP contribution in [0.1, 0.15) is 0 Å². The van der Waals surface area contributed by atoms with Gasteiger partial charge in [0, 0.05) is 5.39 Å². The third-order valence-electron chi connectivity index (χ3n) is 2.69. The molecule has 0 saturated heterocycles. The molecule has 1 aromatic carbocycles. The maximum absolute atomic E-state index is 5.75. The number of ether oxygens (including phenoxy) is 1. The Hall–Kier alpha value is -2.56. The standard InChI is InChI=1S/C13H11N3O2/c1-17-12-11(15-7-16-13(12)14)10-6-8-4-2-3-5-9(8)18-10/h2-7H,1H3,(H2,14,15,16). The number of nitrogens with zero attached hydrogens (tertiary/aromatic N) is 2. The number of anilines is 1. The number of fused-ring (bicyclic) bond motifs is 1. The summed E-state index contributed by atoms with van der Waals surface area (Å²) >= 11 is 0. The largest absolute Gasteiger partial charge is 0.491 e. The van der Waals surface area contributed by atoms with Crippen LogP contribution < -0.4 is 10.5 Å². The predicted molar refractivity (Wildman–Crippen MR) is 68.2 cm³/mol. The molecule has 0 saturated carbocycles. The average Bonchev–Trinajstić information content (AvgIpc) is 2.82. The SMILES string of the molecule is COc1c(N)ncnc1-c1cc2ccccc2o1. The number of hydrogen-bond acceptors (Lipinski definition) is 5. The van der Waals surface area contributed by atoms with E-state index in [0.717, 1.165) is 11.0 Å². The van der Waals surface area contributed by atoms with E-state index in [-0.39, 0.29) is 0 Å². The Labute approximate surface area is 103 Å². The van der Waals surface area contributed by atoms with Crippen LogP contribution in [0.25, 0.3) is 22.4 Å². The first-order valence-corrected chi connectivity index (χ1v) is 5.43. The summed E-state index contributed by atoms with van der Waals surface area (Å²) in [6, 6.07) is 9.64. The topological polar surface area (TPSA) is 74.2 Å². The molecule has 5 nitrogen and oxygen atoms in total. The molecule has 0 amide bonds. The number of aromatic nitrogens is 2. The molecule has 0 aliphatic heterocycles. The lowest BCUT2D eigenvalue weighted by molar-refractivity contribution is 0.413. The van der Waals surface area contributed by atoms with Gasteiger partial charge in [-0.1, -0.05) is 18.2 Å². The summed E-state index contributed by atoms with van der Waals surface area (Å²) in [6.45, 7) is 0. The van der Waals surface area contributed by atoms with E-state index < -0.39 is 0 Å². The summed E-state index contributed by atoms with van der Waals surface area (Å²) in [5, 5.41) is 1.01. The van der Waals surface area contributed by atoms with Crippen LogP contribution in [0.3, 0.4) is 0 Å². The Morgan fingerprint density at radius 2 is 2.06 bits per heavy atom. The van der Waals surface area contributed by atoms with Gasteiger partial charge in [0.05, 0.1) is 7.11 Å². The fourth-order valence-corrected chi connectivity index (χ4v) is 1.86. The van der Waals surface area contributed by atoms with E-state index in [1.807, 2.05) is 30.3 Å². The van der Waals surface area contributed by atoms with Crippen LogP contribution in [-0.2, 0) is 0 Å². The zero-order valence-corrected chi connectivity index (χ0v) is 9.75. The van der Waals surface area contributed by atoms with Crippen molar-refractivity contribution in [1.82, 2.24) is 9.97 Å². The summed E-state index contributed by atoms with van der Waals surface area (Å²) < 4.78 is 10.9.